The second-order valence-electron chi connectivity index (χ2n) is 10.3. The molecule has 3 rings (SSSR count). The third kappa shape index (κ3) is 6.64. The Bertz CT molecular complexity index is 932. The van der Waals surface area contributed by atoms with Gasteiger partial charge >= 0.3 is 0 Å². The lowest BCUT2D eigenvalue weighted by molar-refractivity contribution is -0.127. The molecule has 1 aliphatic rings. The molecule has 2 amide bonds. The molecule has 0 radical (unpaired) electrons. The number of benzene rings is 1. The quantitative estimate of drug-likeness (QED) is 0.556. The third-order valence-corrected chi connectivity index (χ3v) is 6.20. The number of nitrogens with one attached hydrogen (secondary N) is 2. The fraction of sp³-hybridized carbons (Fsp3) is 0.519. The van der Waals surface area contributed by atoms with Crippen LogP contribution in [-0.2, 0) is 15.0 Å². The molecule has 0 spiro atoms. The number of hydrogen-bond donors (Lipinski definition) is 2. The average Bonchev–Trinajstić information content (AvgIpc) is 3.35. The number of nitrogens with zero attached hydrogens (tertiary/aromatic N) is 3. The van der Waals surface area contributed by atoms with Crippen LogP contribution in [0.1, 0.15) is 57.2 Å². The smallest absolute Gasteiger partial charge is 0.247 e. The largest absolute Gasteiger partial charge is 0.354 e. The van der Waals surface area contributed by atoms with Gasteiger partial charge in [-0.2, -0.15) is 0 Å². The van der Waals surface area contributed by atoms with Gasteiger partial charge in [-0.1, -0.05) is 39.0 Å². The summed E-state index contributed by atoms with van der Waals surface area (Å²) in [7, 11) is 4.02. The van der Waals surface area contributed by atoms with Crippen LogP contribution in [0.5, 0.6) is 0 Å². The van der Waals surface area contributed by atoms with Crippen LogP contribution in [0.3, 0.4) is 0 Å². The van der Waals surface area contributed by atoms with E-state index < -0.39 is 6.04 Å². The van der Waals surface area contributed by atoms with Gasteiger partial charge in [-0.05, 0) is 75.6 Å². The van der Waals surface area contributed by atoms with E-state index >= 15 is 0 Å². The van der Waals surface area contributed by atoms with E-state index in [1.165, 1.54) is 5.56 Å². The normalized spacial score (nSPS) is 16.9. The molecule has 0 bridgehead atoms. The molecule has 7 heteroatoms. The molecule has 1 saturated heterocycles. The minimum absolute atomic E-state index is 0.00700. The van der Waals surface area contributed by atoms with E-state index in [9.17, 15) is 9.59 Å². The van der Waals surface area contributed by atoms with Crippen molar-refractivity contribution in [3.8, 4) is 0 Å². The van der Waals surface area contributed by atoms with Gasteiger partial charge in [-0.3, -0.25) is 19.5 Å². The van der Waals surface area contributed by atoms with E-state index in [0.717, 1.165) is 32.4 Å². The molecule has 0 aliphatic carbocycles. The summed E-state index contributed by atoms with van der Waals surface area (Å²) < 4.78 is 0. The van der Waals surface area contributed by atoms with E-state index in [2.05, 4.69) is 41.3 Å². The van der Waals surface area contributed by atoms with Crippen LogP contribution in [0.4, 0.5) is 5.69 Å². The van der Waals surface area contributed by atoms with Crippen molar-refractivity contribution in [2.75, 3.05) is 38.6 Å². The van der Waals surface area contributed by atoms with Gasteiger partial charge < -0.3 is 15.5 Å². The Morgan fingerprint density at radius 2 is 1.91 bits per heavy atom. The lowest BCUT2D eigenvalue weighted by Crippen LogP contribution is -2.50. The average molecular weight is 466 g/mol. The van der Waals surface area contributed by atoms with Crippen LogP contribution >= 0.6 is 0 Å². The van der Waals surface area contributed by atoms with E-state index in [0.29, 0.717) is 17.8 Å². The molecule has 34 heavy (non-hydrogen) atoms. The van der Waals surface area contributed by atoms with Crippen molar-refractivity contribution in [2.24, 2.45) is 0 Å². The first-order valence-electron chi connectivity index (χ1n) is 12.2. The summed E-state index contributed by atoms with van der Waals surface area (Å²) in [5.74, 6) is -0.281. The monoisotopic (exact) mass is 465 g/mol. The molecule has 2 atom stereocenters. The van der Waals surface area contributed by atoms with E-state index in [1.54, 1.807) is 23.4 Å². The Morgan fingerprint density at radius 3 is 2.47 bits per heavy atom. The molecule has 184 valence electrons. The Labute approximate surface area is 203 Å². The van der Waals surface area contributed by atoms with Crippen molar-refractivity contribution in [3.05, 3.63) is 59.9 Å². The Kier molecular flexibility index (Phi) is 8.80. The maximum atomic E-state index is 13.8. The van der Waals surface area contributed by atoms with Gasteiger partial charge in [0.25, 0.3) is 0 Å². The maximum absolute atomic E-state index is 13.8. The van der Waals surface area contributed by atoms with Gasteiger partial charge in [0.1, 0.15) is 6.04 Å². The van der Waals surface area contributed by atoms with Crippen molar-refractivity contribution < 1.29 is 9.59 Å². The predicted molar refractivity (Wildman–Crippen MR) is 137 cm³/mol. The summed E-state index contributed by atoms with van der Waals surface area (Å²) in [6, 6.07) is 10.6. The first-order chi connectivity index (χ1) is 16.2. The lowest BCUT2D eigenvalue weighted by atomic mass is 9.87. The maximum Gasteiger partial charge on any atom is 0.247 e. The highest BCUT2D eigenvalue weighted by atomic mass is 16.2. The number of pyridine rings is 1. The summed E-state index contributed by atoms with van der Waals surface area (Å²) in [5.41, 5.74) is 2.57. The topological polar surface area (TPSA) is 77.6 Å². The highest BCUT2D eigenvalue weighted by molar-refractivity contribution is 6.03. The molecule has 1 aliphatic heterocycles. The SMILES string of the molecule is CN(C)CCCNC(=O)C(c1cccnc1)N(C(=O)C1CCCN1)c1ccc(C(C)(C)C)cc1. The summed E-state index contributed by atoms with van der Waals surface area (Å²) >= 11 is 0. The Morgan fingerprint density at radius 1 is 1.18 bits per heavy atom. The Balaban J connectivity index is 1.99. The zero-order valence-electron chi connectivity index (χ0n) is 21.2. The van der Waals surface area contributed by atoms with E-state index in [1.807, 2.05) is 44.4 Å². The zero-order valence-corrected chi connectivity index (χ0v) is 21.2. The number of hydrogen-bond acceptors (Lipinski definition) is 5. The highest BCUT2D eigenvalue weighted by Crippen LogP contribution is 2.32. The van der Waals surface area contributed by atoms with Crippen LogP contribution in [0.2, 0.25) is 0 Å². The van der Waals surface area contributed by atoms with Gasteiger partial charge in [0.2, 0.25) is 11.8 Å². The molecule has 2 heterocycles. The molecular weight excluding hydrogens is 426 g/mol. The molecule has 0 saturated carbocycles. The molecule has 2 N–H and O–H groups in total. The van der Waals surface area contributed by atoms with Crippen LogP contribution < -0.4 is 15.5 Å². The number of amides is 2. The van der Waals surface area contributed by atoms with Gasteiger partial charge in [0, 0.05) is 30.2 Å². The first kappa shape index (κ1) is 25.8. The van der Waals surface area contributed by atoms with Gasteiger partial charge in [-0.25, -0.2) is 0 Å². The Hall–Kier alpha value is -2.77. The van der Waals surface area contributed by atoms with E-state index in [4.69, 9.17) is 0 Å². The standard InChI is InChI=1S/C27H39N5O2/c1-27(2,3)21-11-13-22(14-12-21)32(26(34)23-10-7-16-29-23)24(20-9-6-15-28-19-20)25(33)30-17-8-18-31(4)5/h6,9,11-15,19,23-24,29H,7-8,10,16-18H2,1-5H3,(H,30,33). The number of anilines is 1. The second kappa shape index (κ2) is 11.6. The molecule has 7 nitrogen and oxygen atoms in total. The van der Waals surface area contributed by atoms with Crippen molar-refractivity contribution >= 4 is 17.5 Å². The first-order valence-corrected chi connectivity index (χ1v) is 12.2. The van der Waals surface area contributed by atoms with Gasteiger partial charge in [0.05, 0.1) is 6.04 Å². The van der Waals surface area contributed by atoms with Crippen LogP contribution in [0, 0.1) is 0 Å². The summed E-state index contributed by atoms with van der Waals surface area (Å²) in [5, 5.41) is 6.37. The van der Waals surface area contributed by atoms with Crippen molar-refractivity contribution in [1.82, 2.24) is 20.5 Å². The van der Waals surface area contributed by atoms with Crippen LogP contribution in [-0.4, -0.2) is 61.5 Å². The number of aromatic nitrogens is 1. The third-order valence-electron chi connectivity index (χ3n) is 6.20. The molecule has 1 aromatic heterocycles. The molecule has 2 aromatic rings. The summed E-state index contributed by atoms with van der Waals surface area (Å²) in [4.78, 5) is 35.4. The summed E-state index contributed by atoms with van der Waals surface area (Å²) in [6.07, 6.45) is 5.90. The predicted octanol–water partition coefficient (Wildman–Crippen LogP) is 3.27. The molecule has 1 fully saturated rings. The molecule has 1 aromatic carbocycles. The fourth-order valence-electron chi connectivity index (χ4n) is 4.25. The van der Waals surface area contributed by atoms with Crippen molar-refractivity contribution in [1.29, 1.82) is 0 Å². The number of rotatable bonds is 9. The molecular formula is C27H39N5O2. The highest BCUT2D eigenvalue weighted by Gasteiger charge is 2.37. The number of carbonyl (C=O) groups is 2. The minimum atomic E-state index is -0.802. The summed E-state index contributed by atoms with van der Waals surface area (Å²) in [6.45, 7) is 8.70. The van der Waals surface area contributed by atoms with Crippen molar-refractivity contribution in [3.63, 3.8) is 0 Å². The second-order valence-corrected chi connectivity index (χ2v) is 10.3. The number of carbonyl (C=O) groups excluding carboxylic acids is 2. The van der Waals surface area contributed by atoms with Crippen LogP contribution in [0.25, 0.3) is 0 Å². The fourth-order valence-corrected chi connectivity index (χ4v) is 4.25. The van der Waals surface area contributed by atoms with Gasteiger partial charge in [0.15, 0.2) is 0 Å². The zero-order chi connectivity index (χ0) is 24.7. The van der Waals surface area contributed by atoms with Crippen molar-refractivity contribution in [2.45, 2.75) is 57.5 Å². The lowest BCUT2D eigenvalue weighted by Gasteiger charge is -2.33. The van der Waals surface area contributed by atoms with Gasteiger partial charge in [-0.15, -0.1) is 0 Å². The minimum Gasteiger partial charge on any atom is -0.354 e. The van der Waals surface area contributed by atoms with Crippen LogP contribution in [0.15, 0.2) is 48.8 Å². The molecule has 2 unspecified atom stereocenters. The van der Waals surface area contributed by atoms with E-state index in [-0.39, 0.29) is 23.3 Å².